The van der Waals surface area contributed by atoms with Gasteiger partial charge in [0.1, 0.15) is 0 Å². The first kappa shape index (κ1) is 18.3. The Labute approximate surface area is 126 Å². The summed E-state index contributed by atoms with van der Waals surface area (Å²) in [7, 11) is -1.67. The largest absolute Gasteiger partial charge is 0.389 e. The van der Waals surface area contributed by atoms with Crippen LogP contribution in [-0.4, -0.2) is 69.5 Å². The van der Waals surface area contributed by atoms with Gasteiger partial charge in [-0.1, -0.05) is 6.92 Å². The molecule has 1 aliphatic rings. The second-order valence-electron chi connectivity index (χ2n) is 5.75. The summed E-state index contributed by atoms with van der Waals surface area (Å²) in [5.74, 6) is -0.125. The van der Waals surface area contributed by atoms with Gasteiger partial charge < -0.3 is 14.7 Å². The van der Waals surface area contributed by atoms with Crippen LogP contribution >= 0.6 is 0 Å². The molecule has 0 unspecified atom stereocenters. The first-order valence-corrected chi connectivity index (χ1v) is 9.01. The number of piperidine rings is 1. The number of aliphatic hydroxyl groups is 1. The van der Waals surface area contributed by atoms with Crippen LogP contribution in [0.3, 0.4) is 0 Å². The van der Waals surface area contributed by atoms with E-state index in [1.165, 1.54) is 0 Å². The van der Waals surface area contributed by atoms with Gasteiger partial charge in [-0.3, -0.25) is 4.79 Å². The van der Waals surface area contributed by atoms with Crippen LogP contribution in [0.5, 0.6) is 0 Å². The summed E-state index contributed by atoms with van der Waals surface area (Å²) in [6, 6.07) is 0. The lowest BCUT2D eigenvalue weighted by Gasteiger charge is -2.43. The minimum atomic E-state index is -3.26. The Morgan fingerprint density at radius 1 is 1.52 bits per heavy atom. The van der Waals surface area contributed by atoms with Crippen LogP contribution in [0.15, 0.2) is 0 Å². The fourth-order valence-electron chi connectivity index (χ4n) is 2.54. The van der Waals surface area contributed by atoms with Crippen LogP contribution < -0.4 is 4.72 Å². The molecule has 2 atom stereocenters. The number of amides is 1. The number of hydrogen-bond acceptors (Lipinski definition) is 5. The Morgan fingerprint density at radius 3 is 2.71 bits per heavy atom. The van der Waals surface area contributed by atoms with E-state index in [-0.39, 0.29) is 24.8 Å². The summed E-state index contributed by atoms with van der Waals surface area (Å²) in [6.45, 7) is 3.49. The van der Waals surface area contributed by atoms with E-state index in [1.54, 1.807) is 12.0 Å². The maximum Gasteiger partial charge on any atom is 0.223 e. The van der Waals surface area contributed by atoms with Crippen molar-refractivity contribution in [1.29, 1.82) is 0 Å². The van der Waals surface area contributed by atoms with E-state index in [1.807, 2.05) is 6.92 Å². The maximum atomic E-state index is 12.0. The SMILES string of the molecule is COCC[C@]1(O)CCN(C(=O)CCNS(C)(=O)=O)C[C@H]1C. The lowest BCUT2D eigenvalue weighted by atomic mass is 9.80. The summed E-state index contributed by atoms with van der Waals surface area (Å²) in [5.41, 5.74) is -0.794. The molecule has 1 saturated heterocycles. The maximum absolute atomic E-state index is 12.0. The molecule has 0 aromatic heterocycles. The van der Waals surface area contributed by atoms with Crippen molar-refractivity contribution in [2.24, 2.45) is 5.92 Å². The molecule has 7 nitrogen and oxygen atoms in total. The van der Waals surface area contributed by atoms with Gasteiger partial charge in [-0.05, 0) is 12.8 Å². The molecule has 0 aromatic carbocycles. The molecule has 0 aromatic rings. The average molecular weight is 322 g/mol. The number of carbonyl (C=O) groups is 1. The number of ether oxygens (including phenoxy) is 1. The van der Waals surface area contributed by atoms with Crippen LogP contribution in [0, 0.1) is 5.92 Å². The van der Waals surface area contributed by atoms with Gasteiger partial charge in [-0.2, -0.15) is 0 Å². The Bertz CT molecular complexity index is 453. The highest BCUT2D eigenvalue weighted by Crippen LogP contribution is 2.31. The van der Waals surface area contributed by atoms with Gasteiger partial charge in [0.2, 0.25) is 15.9 Å². The number of carbonyl (C=O) groups excluding carboxylic acids is 1. The molecular formula is C13H26N2O5S. The van der Waals surface area contributed by atoms with Gasteiger partial charge in [0.25, 0.3) is 0 Å². The minimum Gasteiger partial charge on any atom is -0.389 e. The van der Waals surface area contributed by atoms with Crippen LogP contribution in [0.4, 0.5) is 0 Å². The Hall–Kier alpha value is -0.700. The number of sulfonamides is 1. The summed E-state index contributed by atoms with van der Waals surface area (Å²) < 4.78 is 29.2. The molecule has 1 rings (SSSR count). The lowest BCUT2D eigenvalue weighted by molar-refractivity contribution is -0.140. The molecular weight excluding hydrogens is 296 g/mol. The zero-order valence-electron chi connectivity index (χ0n) is 13.0. The monoisotopic (exact) mass is 322 g/mol. The standard InChI is InChI=1S/C13H26N2O5S/c1-11-10-15(8-5-13(11,17)6-9-20-2)12(16)4-7-14-21(3,18)19/h11,14,17H,4-10H2,1-3H3/t11-,13-/m1/s1. The van der Waals surface area contributed by atoms with E-state index < -0.39 is 15.6 Å². The molecule has 0 saturated carbocycles. The second-order valence-corrected chi connectivity index (χ2v) is 7.59. The van der Waals surface area contributed by atoms with Crippen molar-refractivity contribution in [3.05, 3.63) is 0 Å². The van der Waals surface area contributed by atoms with Crippen molar-refractivity contribution in [2.75, 3.05) is 39.6 Å². The van der Waals surface area contributed by atoms with Crippen LogP contribution in [0.2, 0.25) is 0 Å². The topological polar surface area (TPSA) is 95.9 Å². The number of hydrogen-bond donors (Lipinski definition) is 2. The quantitative estimate of drug-likeness (QED) is 0.662. The fourth-order valence-corrected chi connectivity index (χ4v) is 3.02. The first-order chi connectivity index (χ1) is 9.68. The summed E-state index contributed by atoms with van der Waals surface area (Å²) in [4.78, 5) is 13.7. The molecule has 0 radical (unpaired) electrons. The fraction of sp³-hybridized carbons (Fsp3) is 0.923. The molecule has 2 N–H and O–H groups in total. The summed E-state index contributed by atoms with van der Waals surface area (Å²) in [6.07, 6.45) is 2.28. The van der Waals surface area contributed by atoms with Gasteiger partial charge in [-0.15, -0.1) is 0 Å². The zero-order chi connectivity index (χ0) is 16.1. The summed E-state index contributed by atoms with van der Waals surface area (Å²) in [5, 5.41) is 10.5. The van der Waals surface area contributed by atoms with Gasteiger partial charge in [0, 0.05) is 45.7 Å². The van der Waals surface area contributed by atoms with Crippen molar-refractivity contribution >= 4 is 15.9 Å². The van der Waals surface area contributed by atoms with Crippen LogP contribution in [0.25, 0.3) is 0 Å². The van der Waals surface area contributed by atoms with Crippen molar-refractivity contribution in [3.8, 4) is 0 Å². The summed E-state index contributed by atoms with van der Waals surface area (Å²) >= 11 is 0. The van der Waals surface area contributed by atoms with Gasteiger partial charge in [0.15, 0.2) is 0 Å². The van der Waals surface area contributed by atoms with Crippen molar-refractivity contribution in [2.45, 2.75) is 31.8 Å². The Morgan fingerprint density at radius 2 is 2.19 bits per heavy atom. The van der Waals surface area contributed by atoms with Crippen molar-refractivity contribution in [1.82, 2.24) is 9.62 Å². The molecule has 8 heteroatoms. The average Bonchev–Trinajstić information content (AvgIpc) is 2.38. The molecule has 1 fully saturated rings. The molecule has 0 bridgehead atoms. The third-order valence-corrected chi connectivity index (χ3v) is 4.75. The number of methoxy groups -OCH3 is 1. The molecule has 1 aliphatic heterocycles. The predicted octanol–water partition coefficient (Wildman–Crippen LogP) is -0.438. The number of likely N-dealkylation sites (tertiary alicyclic amines) is 1. The van der Waals surface area contributed by atoms with Crippen LogP contribution in [-0.2, 0) is 19.6 Å². The third kappa shape index (κ3) is 5.90. The Kier molecular flexibility index (Phi) is 6.58. The van der Waals surface area contributed by atoms with Crippen LogP contribution in [0.1, 0.15) is 26.2 Å². The minimum absolute atomic E-state index is 0.0341. The van der Waals surface area contributed by atoms with Gasteiger partial charge >= 0.3 is 0 Å². The number of nitrogens with zero attached hydrogens (tertiary/aromatic N) is 1. The third-order valence-electron chi connectivity index (χ3n) is 4.02. The van der Waals surface area contributed by atoms with E-state index in [9.17, 15) is 18.3 Å². The Balaban J connectivity index is 2.44. The van der Waals surface area contributed by atoms with E-state index in [2.05, 4.69) is 4.72 Å². The highest BCUT2D eigenvalue weighted by Gasteiger charge is 2.39. The lowest BCUT2D eigenvalue weighted by Crippen LogP contribution is -2.53. The zero-order valence-corrected chi connectivity index (χ0v) is 13.8. The molecule has 0 spiro atoms. The highest BCUT2D eigenvalue weighted by molar-refractivity contribution is 7.88. The van der Waals surface area contributed by atoms with E-state index in [4.69, 9.17) is 4.74 Å². The van der Waals surface area contributed by atoms with E-state index in [0.717, 1.165) is 6.26 Å². The number of rotatable bonds is 7. The molecule has 124 valence electrons. The number of nitrogens with one attached hydrogen (secondary N) is 1. The van der Waals surface area contributed by atoms with E-state index in [0.29, 0.717) is 32.5 Å². The normalized spacial score (nSPS) is 26.9. The van der Waals surface area contributed by atoms with Gasteiger partial charge in [0.05, 0.1) is 11.9 Å². The smallest absolute Gasteiger partial charge is 0.223 e. The predicted molar refractivity (Wildman–Crippen MR) is 79.3 cm³/mol. The van der Waals surface area contributed by atoms with Gasteiger partial charge in [-0.25, -0.2) is 13.1 Å². The second kappa shape index (κ2) is 7.53. The molecule has 0 aliphatic carbocycles. The highest BCUT2D eigenvalue weighted by atomic mass is 32.2. The van der Waals surface area contributed by atoms with E-state index >= 15 is 0 Å². The first-order valence-electron chi connectivity index (χ1n) is 7.11. The molecule has 1 heterocycles. The van der Waals surface area contributed by atoms with Crippen molar-refractivity contribution < 1.29 is 23.1 Å². The van der Waals surface area contributed by atoms with Crippen molar-refractivity contribution in [3.63, 3.8) is 0 Å². The molecule has 21 heavy (non-hydrogen) atoms. The molecule has 1 amide bonds.